The van der Waals surface area contributed by atoms with Crippen LogP contribution in [0.3, 0.4) is 0 Å². The van der Waals surface area contributed by atoms with Crippen molar-refractivity contribution in [2.45, 2.75) is 44.6 Å². The van der Waals surface area contributed by atoms with E-state index in [4.69, 9.17) is 0 Å². The van der Waals surface area contributed by atoms with Crippen molar-refractivity contribution < 1.29 is 14.0 Å². The van der Waals surface area contributed by atoms with E-state index >= 15 is 0 Å². The number of nitrogens with one attached hydrogen (secondary N) is 1. The normalized spacial score (nSPS) is 24.9. The average molecular weight is 318 g/mol. The van der Waals surface area contributed by atoms with Crippen LogP contribution < -0.4 is 5.32 Å². The van der Waals surface area contributed by atoms with Gasteiger partial charge in [0, 0.05) is 19.0 Å². The Balaban J connectivity index is 1.52. The molecule has 3 atom stereocenters. The van der Waals surface area contributed by atoms with E-state index in [1.807, 2.05) is 11.0 Å². The van der Waals surface area contributed by atoms with Gasteiger partial charge in [0.05, 0.1) is 0 Å². The number of halogens is 1. The summed E-state index contributed by atoms with van der Waals surface area (Å²) in [4.78, 5) is 26.5. The highest BCUT2D eigenvalue weighted by molar-refractivity contribution is 5.90. The molecule has 1 saturated carbocycles. The van der Waals surface area contributed by atoms with Gasteiger partial charge in [0.25, 0.3) is 0 Å². The Morgan fingerprint density at radius 2 is 2.00 bits per heavy atom. The van der Waals surface area contributed by atoms with E-state index in [1.165, 1.54) is 18.6 Å². The Labute approximate surface area is 136 Å². The van der Waals surface area contributed by atoms with Gasteiger partial charge in [0.2, 0.25) is 11.8 Å². The van der Waals surface area contributed by atoms with Crippen molar-refractivity contribution in [2.24, 2.45) is 5.92 Å². The minimum absolute atomic E-state index is 0.000931. The highest BCUT2D eigenvalue weighted by Crippen LogP contribution is 2.47. The first-order chi connectivity index (χ1) is 11.1. The van der Waals surface area contributed by atoms with Crippen LogP contribution in [-0.4, -0.2) is 35.8 Å². The van der Waals surface area contributed by atoms with Gasteiger partial charge in [0.1, 0.15) is 11.9 Å². The number of rotatable bonds is 4. The van der Waals surface area contributed by atoms with Gasteiger partial charge >= 0.3 is 0 Å². The van der Waals surface area contributed by atoms with Crippen LogP contribution in [0.15, 0.2) is 24.3 Å². The molecule has 0 unspecified atom stereocenters. The molecule has 1 heterocycles. The maximum Gasteiger partial charge on any atom is 0.244 e. The second-order valence-electron chi connectivity index (χ2n) is 6.62. The Morgan fingerprint density at radius 1 is 1.26 bits per heavy atom. The Bertz CT molecular complexity index is 598. The number of hydrogen-bond acceptors (Lipinski definition) is 2. The molecule has 1 saturated heterocycles. The van der Waals surface area contributed by atoms with E-state index in [9.17, 15) is 14.0 Å². The predicted molar refractivity (Wildman–Crippen MR) is 85.3 cm³/mol. The molecule has 2 fully saturated rings. The van der Waals surface area contributed by atoms with Crippen molar-refractivity contribution >= 4 is 11.8 Å². The van der Waals surface area contributed by atoms with Crippen LogP contribution >= 0.6 is 0 Å². The van der Waals surface area contributed by atoms with Crippen molar-refractivity contribution in [3.63, 3.8) is 0 Å². The molecule has 3 rings (SSSR count). The number of piperidine rings is 1. The summed E-state index contributed by atoms with van der Waals surface area (Å²) in [6, 6.07) is 5.92. The zero-order valence-corrected chi connectivity index (χ0v) is 13.4. The lowest BCUT2D eigenvalue weighted by Gasteiger charge is -2.29. The third-order valence-corrected chi connectivity index (χ3v) is 4.80. The average Bonchev–Trinajstić information content (AvgIpc) is 3.35. The summed E-state index contributed by atoms with van der Waals surface area (Å²) in [5.41, 5.74) is 0.861. The maximum atomic E-state index is 13.3. The van der Waals surface area contributed by atoms with E-state index in [0.717, 1.165) is 37.9 Å². The van der Waals surface area contributed by atoms with E-state index in [0.29, 0.717) is 0 Å². The molecule has 5 heteroatoms. The lowest BCUT2D eigenvalue weighted by Crippen LogP contribution is -2.48. The third-order valence-electron chi connectivity index (χ3n) is 4.80. The van der Waals surface area contributed by atoms with E-state index in [-0.39, 0.29) is 29.5 Å². The number of carbonyl (C=O) groups is 2. The van der Waals surface area contributed by atoms with Gasteiger partial charge in [0.15, 0.2) is 0 Å². The second-order valence-corrected chi connectivity index (χ2v) is 6.62. The standard InChI is InChI=1S/C18H23FN2O2/c1-12(18(23)21-8-3-2-4-9-21)20-17(22)16-11-15(16)13-6-5-7-14(19)10-13/h5-7,10,12,15-16H,2-4,8-9,11H2,1H3,(H,20,22)/t12-,15-,16-/m0/s1. The SMILES string of the molecule is C[C@H](NC(=O)[C@H]1C[C@H]1c1cccc(F)c1)C(=O)N1CCCCC1. The molecule has 1 N–H and O–H groups in total. The lowest BCUT2D eigenvalue weighted by molar-refractivity contribution is -0.137. The van der Waals surface area contributed by atoms with Gasteiger partial charge in [-0.1, -0.05) is 12.1 Å². The molecule has 2 aliphatic rings. The molecule has 2 amide bonds. The Hall–Kier alpha value is -1.91. The summed E-state index contributed by atoms with van der Waals surface area (Å²) in [6.07, 6.45) is 3.97. The minimum atomic E-state index is -0.491. The van der Waals surface area contributed by atoms with Gasteiger partial charge < -0.3 is 10.2 Å². The molecule has 124 valence electrons. The fourth-order valence-corrected chi connectivity index (χ4v) is 3.36. The van der Waals surface area contributed by atoms with Gasteiger partial charge in [-0.15, -0.1) is 0 Å². The monoisotopic (exact) mass is 318 g/mol. The first kappa shape index (κ1) is 16.0. The number of amides is 2. The molecule has 0 spiro atoms. The summed E-state index contributed by atoms with van der Waals surface area (Å²) in [6.45, 7) is 3.32. The molecule has 0 aromatic heterocycles. The fourth-order valence-electron chi connectivity index (χ4n) is 3.36. The highest BCUT2D eigenvalue weighted by Gasteiger charge is 2.44. The first-order valence-corrected chi connectivity index (χ1v) is 8.41. The molecule has 1 aliphatic heterocycles. The molecule has 0 bridgehead atoms. The van der Waals surface area contributed by atoms with Crippen LogP contribution in [0.4, 0.5) is 4.39 Å². The number of nitrogens with zero attached hydrogens (tertiary/aromatic N) is 1. The quantitative estimate of drug-likeness (QED) is 0.927. The van der Waals surface area contributed by atoms with Gasteiger partial charge in [-0.25, -0.2) is 4.39 Å². The van der Waals surface area contributed by atoms with Crippen molar-refractivity contribution in [1.82, 2.24) is 10.2 Å². The first-order valence-electron chi connectivity index (χ1n) is 8.41. The molecule has 23 heavy (non-hydrogen) atoms. The van der Waals surface area contributed by atoms with Crippen LogP contribution in [0.5, 0.6) is 0 Å². The number of hydrogen-bond donors (Lipinski definition) is 1. The van der Waals surface area contributed by atoms with Crippen LogP contribution in [-0.2, 0) is 9.59 Å². The predicted octanol–water partition coefficient (Wildman–Crippen LogP) is 2.45. The number of likely N-dealkylation sites (tertiary alicyclic amines) is 1. The van der Waals surface area contributed by atoms with Crippen molar-refractivity contribution in [3.05, 3.63) is 35.6 Å². The summed E-state index contributed by atoms with van der Waals surface area (Å²) in [5, 5.41) is 2.83. The van der Waals surface area contributed by atoms with E-state index in [1.54, 1.807) is 13.0 Å². The Kier molecular flexibility index (Phi) is 4.64. The second kappa shape index (κ2) is 6.69. The smallest absolute Gasteiger partial charge is 0.244 e. The van der Waals surface area contributed by atoms with Gasteiger partial charge in [-0.2, -0.15) is 0 Å². The molecule has 1 aromatic carbocycles. The Morgan fingerprint density at radius 3 is 2.70 bits per heavy atom. The largest absolute Gasteiger partial charge is 0.344 e. The maximum absolute atomic E-state index is 13.3. The fraction of sp³-hybridized carbons (Fsp3) is 0.556. The molecule has 1 aliphatic carbocycles. The van der Waals surface area contributed by atoms with Crippen molar-refractivity contribution in [1.29, 1.82) is 0 Å². The molecular weight excluding hydrogens is 295 g/mol. The van der Waals surface area contributed by atoms with E-state index < -0.39 is 6.04 Å². The third kappa shape index (κ3) is 3.71. The van der Waals surface area contributed by atoms with Gasteiger partial charge in [-0.3, -0.25) is 9.59 Å². The lowest BCUT2D eigenvalue weighted by atomic mass is 10.1. The number of benzene rings is 1. The van der Waals surface area contributed by atoms with Gasteiger partial charge in [-0.05, 0) is 56.2 Å². The molecule has 4 nitrogen and oxygen atoms in total. The van der Waals surface area contributed by atoms with Crippen molar-refractivity contribution in [3.8, 4) is 0 Å². The molecule has 1 aromatic rings. The van der Waals surface area contributed by atoms with Crippen molar-refractivity contribution in [2.75, 3.05) is 13.1 Å². The van der Waals surface area contributed by atoms with E-state index in [2.05, 4.69) is 5.32 Å². The van der Waals surface area contributed by atoms with Crippen LogP contribution in [0.1, 0.15) is 44.1 Å². The minimum Gasteiger partial charge on any atom is -0.344 e. The number of carbonyl (C=O) groups excluding carboxylic acids is 2. The molecule has 0 radical (unpaired) electrons. The molecular formula is C18H23FN2O2. The van der Waals surface area contributed by atoms with Crippen LogP contribution in [0.25, 0.3) is 0 Å². The zero-order valence-electron chi connectivity index (χ0n) is 13.4. The summed E-state index contributed by atoms with van der Waals surface area (Å²) < 4.78 is 13.3. The summed E-state index contributed by atoms with van der Waals surface area (Å²) in [7, 11) is 0. The van der Waals surface area contributed by atoms with Crippen LogP contribution in [0.2, 0.25) is 0 Å². The van der Waals surface area contributed by atoms with Crippen LogP contribution in [0, 0.1) is 11.7 Å². The summed E-state index contributed by atoms with van der Waals surface area (Å²) in [5.74, 6) is -0.447. The highest BCUT2D eigenvalue weighted by atomic mass is 19.1. The topological polar surface area (TPSA) is 49.4 Å². The zero-order chi connectivity index (χ0) is 16.4. The summed E-state index contributed by atoms with van der Waals surface area (Å²) >= 11 is 0.